The lowest BCUT2D eigenvalue weighted by molar-refractivity contribution is -0.384. The number of H-pyrrole nitrogens is 1. The number of sulfonamides is 1. The summed E-state index contributed by atoms with van der Waals surface area (Å²) in [6.45, 7) is 10.4. The van der Waals surface area contributed by atoms with Crippen LogP contribution in [0.4, 0.5) is 17.1 Å². The largest absolute Gasteiger partial charge is 0.456 e. The molecule has 2 fully saturated rings. The number of aromatic amines is 1. The predicted octanol–water partition coefficient (Wildman–Crippen LogP) is 9.26. The second-order valence-electron chi connectivity index (χ2n) is 17.0. The number of halogens is 1. The van der Waals surface area contributed by atoms with E-state index >= 15 is 0 Å². The molecular weight excluding hydrogens is 816 g/mol. The summed E-state index contributed by atoms with van der Waals surface area (Å²) in [7, 11) is -4.54. The van der Waals surface area contributed by atoms with Gasteiger partial charge in [0.05, 0.1) is 22.0 Å². The summed E-state index contributed by atoms with van der Waals surface area (Å²) in [6, 6.07) is 24.3. The van der Waals surface area contributed by atoms with Crippen LogP contribution < -0.4 is 19.7 Å². The first kappa shape index (κ1) is 42.3. The van der Waals surface area contributed by atoms with Gasteiger partial charge in [-0.3, -0.25) is 19.8 Å². The molecule has 15 heteroatoms. The third-order valence-corrected chi connectivity index (χ3v) is 13.6. The molecule has 4 aromatic carbocycles. The van der Waals surface area contributed by atoms with E-state index in [9.17, 15) is 23.3 Å². The van der Waals surface area contributed by atoms with Crippen molar-refractivity contribution in [1.82, 2.24) is 14.6 Å². The van der Waals surface area contributed by atoms with E-state index < -0.39 is 31.4 Å². The van der Waals surface area contributed by atoms with E-state index in [2.05, 4.69) is 50.8 Å². The summed E-state index contributed by atoms with van der Waals surface area (Å²) in [5.41, 5.74) is 5.86. The molecule has 1 aliphatic carbocycles. The number of carbonyl (C=O) groups excluding carboxylic acids is 1. The van der Waals surface area contributed by atoms with E-state index in [1.54, 1.807) is 24.3 Å². The van der Waals surface area contributed by atoms with Crippen LogP contribution in [0.1, 0.15) is 61.9 Å². The van der Waals surface area contributed by atoms with Crippen molar-refractivity contribution < 1.29 is 27.6 Å². The standard InChI is InChI=1S/C46H51ClN6O7S/c1-46(2)17-15-34(40(27-46)32-5-7-35(47)8-6-32)29-51-19-21-52(22-20-51)36-9-12-39(44(25-36)60-37-10-13-41-33(24-37)16-18-48-41)45(54)50-61(57,58)38-11-14-42(43(26-38)53(55)56)49-28-31-4-3-23-59-30-31/h5-14,16,18,24-26,31,48-49H,3-4,15,17,19-23,27-30H2,1-2H3,(H,50,54)/t31-/m1/s1. The van der Waals surface area contributed by atoms with Crippen LogP contribution >= 0.6 is 11.6 Å². The molecule has 0 spiro atoms. The Morgan fingerprint density at radius 2 is 1.82 bits per heavy atom. The SMILES string of the molecule is CC1(C)CCC(CN2CCN(c3ccc(C(=O)NS(=O)(=O)c4ccc(NC[C@H]5CCCOC5)c([N+](=O)[O-])c4)c(Oc4ccc5[nH]ccc5c4)c3)CC2)=C(c2ccc(Cl)cc2)C1. The molecule has 0 unspecified atom stereocenters. The van der Waals surface area contributed by atoms with Crippen LogP contribution in [-0.2, 0) is 14.8 Å². The van der Waals surface area contributed by atoms with Crippen LogP contribution in [0.25, 0.3) is 16.5 Å². The number of hydrogen-bond donors (Lipinski definition) is 3. The number of anilines is 2. The van der Waals surface area contributed by atoms with Gasteiger partial charge in [-0.2, -0.15) is 0 Å². The van der Waals surface area contributed by atoms with Gasteiger partial charge in [0.15, 0.2) is 0 Å². The van der Waals surface area contributed by atoms with Gasteiger partial charge in [0.1, 0.15) is 17.2 Å². The van der Waals surface area contributed by atoms with Crippen LogP contribution in [-0.4, -0.2) is 81.6 Å². The summed E-state index contributed by atoms with van der Waals surface area (Å²) in [4.78, 5) is 32.8. The number of rotatable bonds is 13. The monoisotopic (exact) mass is 866 g/mol. The third-order valence-electron chi connectivity index (χ3n) is 12.0. The topological polar surface area (TPSA) is 159 Å². The first-order chi connectivity index (χ1) is 29.3. The van der Waals surface area contributed by atoms with Crippen molar-refractivity contribution in [3.63, 3.8) is 0 Å². The number of carbonyl (C=O) groups is 1. The molecule has 3 N–H and O–H groups in total. The Kier molecular flexibility index (Phi) is 12.4. The molecule has 1 atom stereocenters. The summed E-state index contributed by atoms with van der Waals surface area (Å²) >= 11 is 6.24. The molecular formula is C46H51ClN6O7S. The summed E-state index contributed by atoms with van der Waals surface area (Å²) in [5, 5.41) is 16.8. The minimum atomic E-state index is -4.54. The highest BCUT2D eigenvalue weighted by Gasteiger charge is 2.30. The lowest BCUT2D eigenvalue weighted by Gasteiger charge is -2.39. The van der Waals surface area contributed by atoms with Gasteiger partial charge < -0.3 is 24.7 Å². The van der Waals surface area contributed by atoms with Crippen molar-refractivity contribution >= 4 is 61.1 Å². The number of allylic oxidation sites excluding steroid dienone is 1. The normalized spacial score (nSPS) is 18.5. The molecule has 61 heavy (non-hydrogen) atoms. The number of hydrogen-bond acceptors (Lipinski definition) is 10. The zero-order valence-corrected chi connectivity index (χ0v) is 36.0. The molecule has 13 nitrogen and oxygen atoms in total. The molecule has 2 aliphatic heterocycles. The van der Waals surface area contributed by atoms with Gasteiger partial charge in [0, 0.05) is 85.8 Å². The number of piperazine rings is 1. The number of nitro benzene ring substituents is 1. The van der Waals surface area contributed by atoms with Crippen molar-refractivity contribution in [2.45, 2.75) is 50.8 Å². The van der Waals surface area contributed by atoms with Gasteiger partial charge in [-0.25, -0.2) is 13.1 Å². The van der Waals surface area contributed by atoms with Gasteiger partial charge in [-0.15, -0.1) is 0 Å². The Bertz CT molecular complexity index is 2560. The Morgan fingerprint density at radius 3 is 2.57 bits per heavy atom. The van der Waals surface area contributed by atoms with Crippen molar-refractivity contribution in [2.75, 3.05) is 62.7 Å². The fourth-order valence-electron chi connectivity index (χ4n) is 8.54. The number of ether oxygens (including phenoxy) is 2. The highest BCUT2D eigenvalue weighted by atomic mass is 35.5. The Morgan fingerprint density at radius 1 is 1.02 bits per heavy atom. The first-order valence-electron chi connectivity index (χ1n) is 20.8. The summed E-state index contributed by atoms with van der Waals surface area (Å²) < 4.78 is 41.4. The van der Waals surface area contributed by atoms with Crippen LogP contribution in [0.15, 0.2) is 102 Å². The summed E-state index contributed by atoms with van der Waals surface area (Å²) in [6.07, 6.45) is 6.86. The lowest BCUT2D eigenvalue weighted by Crippen LogP contribution is -2.47. The molecule has 0 bridgehead atoms. The van der Waals surface area contributed by atoms with E-state index in [1.165, 1.54) is 28.8 Å². The maximum atomic E-state index is 13.9. The molecule has 3 heterocycles. The van der Waals surface area contributed by atoms with E-state index in [4.69, 9.17) is 21.1 Å². The van der Waals surface area contributed by atoms with Crippen LogP contribution in [0.2, 0.25) is 5.02 Å². The van der Waals surface area contributed by atoms with Crippen LogP contribution in [0.3, 0.4) is 0 Å². The van der Waals surface area contributed by atoms with E-state index in [-0.39, 0.29) is 28.3 Å². The highest BCUT2D eigenvalue weighted by molar-refractivity contribution is 7.90. The minimum absolute atomic E-state index is 0.00972. The lowest BCUT2D eigenvalue weighted by atomic mass is 9.72. The molecule has 2 saturated heterocycles. The number of fused-ring (bicyclic) bond motifs is 1. The minimum Gasteiger partial charge on any atom is -0.456 e. The summed E-state index contributed by atoms with van der Waals surface area (Å²) in [5.74, 6) is -0.121. The quantitative estimate of drug-likeness (QED) is 0.0769. The number of nitrogens with zero attached hydrogens (tertiary/aromatic N) is 3. The van der Waals surface area contributed by atoms with E-state index in [1.807, 2.05) is 36.5 Å². The Balaban J connectivity index is 1.00. The van der Waals surface area contributed by atoms with Crippen LogP contribution in [0, 0.1) is 21.4 Å². The van der Waals surface area contributed by atoms with Gasteiger partial charge in [0.2, 0.25) is 0 Å². The second-order valence-corrected chi connectivity index (χ2v) is 19.2. The van der Waals surface area contributed by atoms with Crippen molar-refractivity contribution in [1.29, 1.82) is 0 Å². The van der Waals surface area contributed by atoms with Gasteiger partial charge >= 0.3 is 0 Å². The predicted molar refractivity (Wildman–Crippen MR) is 239 cm³/mol. The fourth-order valence-corrected chi connectivity index (χ4v) is 9.65. The van der Waals surface area contributed by atoms with Gasteiger partial charge in [0.25, 0.3) is 21.6 Å². The molecule has 320 valence electrons. The molecule has 3 aliphatic rings. The van der Waals surface area contributed by atoms with Crippen molar-refractivity contribution in [2.24, 2.45) is 11.3 Å². The van der Waals surface area contributed by atoms with E-state index in [0.717, 1.165) is 92.5 Å². The number of amides is 1. The number of benzene rings is 4. The molecule has 1 amide bonds. The first-order valence-corrected chi connectivity index (χ1v) is 22.7. The average molecular weight is 867 g/mol. The Labute approximate surface area is 361 Å². The zero-order valence-electron chi connectivity index (χ0n) is 34.4. The molecule has 1 aromatic heterocycles. The van der Waals surface area contributed by atoms with E-state index in [0.29, 0.717) is 25.5 Å². The number of nitro groups is 1. The number of aromatic nitrogens is 1. The molecule has 8 rings (SSSR count). The average Bonchev–Trinajstić information content (AvgIpc) is 3.72. The van der Waals surface area contributed by atoms with Gasteiger partial charge in [-0.1, -0.05) is 43.2 Å². The molecule has 0 saturated carbocycles. The van der Waals surface area contributed by atoms with Crippen molar-refractivity contribution in [3.8, 4) is 11.5 Å². The number of nitrogens with one attached hydrogen (secondary N) is 3. The molecule has 5 aromatic rings. The van der Waals surface area contributed by atoms with Gasteiger partial charge in [-0.05, 0) is 115 Å². The van der Waals surface area contributed by atoms with Crippen molar-refractivity contribution in [3.05, 3.63) is 123 Å². The maximum Gasteiger partial charge on any atom is 0.293 e. The van der Waals surface area contributed by atoms with Crippen LogP contribution in [0.5, 0.6) is 11.5 Å². The third kappa shape index (κ3) is 10.0. The highest BCUT2D eigenvalue weighted by Crippen LogP contribution is 2.43. The fraction of sp³-hybridized carbons (Fsp3) is 0.370. The zero-order chi connectivity index (χ0) is 42.7. The smallest absolute Gasteiger partial charge is 0.293 e. The second kappa shape index (κ2) is 17.9. The molecule has 0 radical (unpaired) electrons. The maximum absolute atomic E-state index is 13.9. The Hall–Kier alpha value is -5.41.